The Balaban J connectivity index is 1.65. The molecule has 96 valence electrons. The predicted octanol–water partition coefficient (Wildman–Crippen LogP) is 0.102. The maximum Gasteiger partial charge on any atom is 0.244 e. The second kappa shape index (κ2) is 4.23. The third-order valence-corrected chi connectivity index (χ3v) is 3.91. The Kier molecular flexibility index (Phi) is 2.84. The van der Waals surface area contributed by atoms with Crippen molar-refractivity contribution < 1.29 is 14.3 Å². The third-order valence-electron chi connectivity index (χ3n) is 3.91. The smallest absolute Gasteiger partial charge is 0.244 e. The van der Waals surface area contributed by atoms with E-state index in [0.717, 1.165) is 19.3 Å². The van der Waals surface area contributed by atoms with Crippen LogP contribution in [-0.2, 0) is 14.3 Å². The lowest BCUT2D eigenvalue weighted by atomic mass is 10.2. The Morgan fingerprint density at radius 2 is 2.29 bits per heavy atom. The molecule has 1 aliphatic carbocycles. The highest BCUT2D eigenvalue weighted by Gasteiger charge is 2.58. The summed E-state index contributed by atoms with van der Waals surface area (Å²) in [7, 11) is 0. The Bertz CT molecular complexity index is 311. The zero-order valence-electron chi connectivity index (χ0n) is 10.3. The van der Waals surface area contributed by atoms with E-state index in [1.807, 2.05) is 4.90 Å². The molecule has 0 radical (unpaired) electrons. The molecule has 2 unspecified atom stereocenters. The molecule has 3 rings (SSSR count). The summed E-state index contributed by atoms with van der Waals surface area (Å²) in [6.07, 6.45) is 3.14. The van der Waals surface area contributed by atoms with Crippen LogP contribution in [0.1, 0.15) is 26.2 Å². The molecule has 0 aromatic carbocycles. The summed E-state index contributed by atoms with van der Waals surface area (Å²) in [5.74, 6) is 0.263. The first-order valence-electron chi connectivity index (χ1n) is 6.53. The molecule has 5 nitrogen and oxygen atoms in total. The standard InChI is InChI=1S/C12H20N2O3/c1-2-10-13-12(3-4-12)11(15)14(10)7-9-8-16-5-6-17-9/h9-10,13H,2-8H2,1H3. The Morgan fingerprint density at radius 3 is 2.88 bits per heavy atom. The number of hydrogen-bond acceptors (Lipinski definition) is 4. The molecule has 3 fully saturated rings. The average Bonchev–Trinajstić information content (AvgIpc) is 3.10. The average molecular weight is 240 g/mol. The highest BCUT2D eigenvalue weighted by molar-refractivity contribution is 5.91. The molecule has 2 aliphatic heterocycles. The van der Waals surface area contributed by atoms with Crippen LogP contribution in [0.25, 0.3) is 0 Å². The van der Waals surface area contributed by atoms with Crippen LogP contribution >= 0.6 is 0 Å². The van der Waals surface area contributed by atoms with Gasteiger partial charge in [-0.1, -0.05) is 6.92 Å². The van der Waals surface area contributed by atoms with Gasteiger partial charge in [0.05, 0.1) is 44.2 Å². The van der Waals surface area contributed by atoms with Gasteiger partial charge in [-0.05, 0) is 19.3 Å². The largest absolute Gasteiger partial charge is 0.376 e. The molecule has 3 aliphatic rings. The Hall–Kier alpha value is -0.650. The van der Waals surface area contributed by atoms with Gasteiger partial charge in [-0.15, -0.1) is 0 Å². The van der Waals surface area contributed by atoms with Gasteiger partial charge in [0, 0.05) is 0 Å². The highest BCUT2D eigenvalue weighted by atomic mass is 16.6. The van der Waals surface area contributed by atoms with Crippen LogP contribution in [-0.4, -0.2) is 55.0 Å². The van der Waals surface area contributed by atoms with Gasteiger partial charge in [0.1, 0.15) is 0 Å². The van der Waals surface area contributed by atoms with Gasteiger partial charge >= 0.3 is 0 Å². The molecule has 2 saturated heterocycles. The fraction of sp³-hybridized carbons (Fsp3) is 0.917. The fourth-order valence-electron chi connectivity index (χ4n) is 2.75. The van der Waals surface area contributed by atoms with Gasteiger partial charge in [0.2, 0.25) is 5.91 Å². The molecule has 1 spiro atoms. The highest BCUT2D eigenvalue weighted by Crippen LogP contribution is 2.42. The number of nitrogens with zero attached hydrogens (tertiary/aromatic N) is 1. The van der Waals surface area contributed by atoms with Crippen molar-refractivity contribution in [2.45, 2.75) is 44.0 Å². The number of carbonyl (C=O) groups excluding carboxylic acids is 1. The topological polar surface area (TPSA) is 50.8 Å². The monoisotopic (exact) mass is 240 g/mol. The molecular formula is C12H20N2O3. The second-order valence-electron chi connectivity index (χ2n) is 5.18. The minimum absolute atomic E-state index is 0.0393. The van der Waals surface area contributed by atoms with Crippen molar-refractivity contribution in [2.24, 2.45) is 0 Å². The molecule has 1 amide bonds. The molecule has 1 saturated carbocycles. The van der Waals surface area contributed by atoms with E-state index in [4.69, 9.17) is 9.47 Å². The van der Waals surface area contributed by atoms with E-state index in [1.54, 1.807) is 0 Å². The number of hydrogen-bond donors (Lipinski definition) is 1. The van der Waals surface area contributed by atoms with E-state index in [2.05, 4.69) is 12.2 Å². The summed E-state index contributed by atoms with van der Waals surface area (Å²) < 4.78 is 11.0. The zero-order chi connectivity index (χ0) is 11.9. The normalized spacial score (nSPS) is 35.6. The van der Waals surface area contributed by atoms with Gasteiger partial charge in [0.15, 0.2) is 0 Å². The summed E-state index contributed by atoms with van der Waals surface area (Å²) in [5, 5.41) is 3.46. The van der Waals surface area contributed by atoms with E-state index < -0.39 is 0 Å². The SMILES string of the molecule is CCC1NC2(CC2)C(=O)N1CC1COCCO1. The van der Waals surface area contributed by atoms with Crippen LogP contribution in [0.2, 0.25) is 0 Å². The molecule has 2 atom stereocenters. The van der Waals surface area contributed by atoms with Crippen LogP contribution in [0.5, 0.6) is 0 Å². The number of amides is 1. The minimum Gasteiger partial charge on any atom is -0.376 e. The van der Waals surface area contributed by atoms with Crippen molar-refractivity contribution in [1.29, 1.82) is 0 Å². The van der Waals surface area contributed by atoms with Crippen LogP contribution in [0.15, 0.2) is 0 Å². The molecule has 0 bridgehead atoms. The molecule has 5 heteroatoms. The quantitative estimate of drug-likeness (QED) is 0.760. The van der Waals surface area contributed by atoms with Gasteiger partial charge in [0.25, 0.3) is 0 Å². The van der Waals surface area contributed by atoms with Crippen molar-refractivity contribution >= 4 is 5.91 Å². The molecule has 0 aromatic heterocycles. The van der Waals surface area contributed by atoms with E-state index in [-0.39, 0.29) is 23.7 Å². The predicted molar refractivity (Wildman–Crippen MR) is 61.5 cm³/mol. The van der Waals surface area contributed by atoms with Crippen molar-refractivity contribution in [3.63, 3.8) is 0 Å². The lowest BCUT2D eigenvalue weighted by molar-refractivity contribution is -0.137. The first kappa shape index (κ1) is 11.4. The maximum atomic E-state index is 12.3. The van der Waals surface area contributed by atoms with Crippen molar-refractivity contribution in [1.82, 2.24) is 10.2 Å². The van der Waals surface area contributed by atoms with Crippen LogP contribution in [0.3, 0.4) is 0 Å². The van der Waals surface area contributed by atoms with E-state index >= 15 is 0 Å². The molecular weight excluding hydrogens is 220 g/mol. The van der Waals surface area contributed by atoms with Gasteiger partial charge < -0.3 is 14.4 Å². The van der Waals surface area contributed by atoms with Crippen molar-refractivity contribution in [2.75, 3.05) is 26.4 Å². The van der Waals surface area contributed by atoms with Crippen LogP contribution in [0, 0.1) is 0 Å². The summed E-state index contributed by atoms with van der Waals surface area (Å²) >= 11 is 0. The maximum absolute atomic E-state index is 12.3. The molecule has 17 heavy (non-hydrogen) atoms. The first-order chi connectivity index (χ1) is 8.25. The number of carbonyl (C=O) groups is 1. The third kappa shape index (κ3) is 1.96. The Morgan fingerprint density at radius 1 is 1.47 bits per heavy atom. The Labute approximate surface area is 101 Å². The zero-order valence-corrected chi connectivity index (χ0v) is 10.3. The lowest BCUT2D eigenvalue weighted by Gasteiger charge is -2.30. The summed E-state index contributed by atoms with van der Waals surface area (Å²) in [6, 6.07) is 0. The van der Waals surface area contributed by atoms with Crippen LogP contribution in [0.4, 0.5) is 0 Å². The van der Waals surface area contributed by atoms with Crippen molar-refractivity contribution in [3.05, 3.63) is 0 Å². The summed E-state index contributed by atoms with van der Waals surface area (Å²) in [6.45, 7) is 4.68. The fourth-order valence-corrected chi connectivity index (χ4v) is 2.75. The number of ether oxygens (including phenoxy) is 2. The number of rotatable bonds is 3. The summed E-state index contributed by atoms with van der Waals surface area (Å²) in [4.78, 5) is 14.3. The van der Waals surface area contributed by atoms with Crippen LogP contribution < -0.4 is 5.32 Å². The summed E-state index contributed by atoms with van der Waals surface area (Å²) in [5.41, 5.74) is -0.212. The first-order valence-corrected chi connectivity index (χ1v) is 6.53. The minimum atomic E-state index is -0.212. The van der Waals surface area contributed by atoms with E-state index in [1.165, 1.54) is 0 Å². The molecule has 1 N–H and O–H groups in total. The molecule has 0 aromatic rings. The van der Waals surface area contributed by atoms with E-state index in [0.29, 0.717) is 26.4 Å². The van der Waals surface area contributed by atoms with E-state index in [9.17, 15) is 4.79 Å². The number of nitrogens with one attached hydrogen (secondary N) is 1. The molecule has 2 heterocycles. The van der Waals surface area contributed by atoms with Crippen molar-refractivity contribution in [3.8, 4) is 0 Å². The van der Waals surface area contributed by atoms with Gasteiger partial charge in [-0.25, -0.2) is 0 Å². The van der Waals surface area contributed by atoms with Gasteiger partial charge in [-0.2, -0.15) is 0 Å². The lowest BCUT2D eigenvalue weighted by Crippen LogP contribution is -2.45. The van der Waals surface area contributed by atoms with Gasteiger partial charge in [-0.3, -0.25) is 10.1 Å². The second-order valence-corrected chi connectivity index (χ2v) is 5.18.